The second kappa shape index (κ2) is 5.13. The van der Waals surface area contributed by atoms with Crippen LogP contribution in [0.5, 0.6) is 0 Å². The first-order chi connectivity index (χ1) is 5.55. The average molecular weight is 169 g/mol. The largest absolute Gasteiger partial charge is 0.313 e. The third-order valence-electron chi connectivity index (χ3n) is 1.79. The summed E-state index contributed by atoms with van der Waals surface area (Å²) < 4.78 is 0. The van der Waals surface area contributed by atoms with Gasteiger partial charge in [-0.25, -0.2) is 0 Å². The summed E-state index contributed by atoms with van der Waals surface area (Å²) in [6, 6.07) is 2.10. The Bertz CT molecular complexity index is 158. The van der Waals surface area contributed by atoms with Crippen molar-refractivity contribution in [2.45, 2.75) is 32.7 Å². The van der Waals surface area contributed by atoms with Gasteiger partial charge in [0.25, 0.3) is 0 Å². The molecule has 1 atom stereocenters. The molecule has 0 aromatic rings. The van der Waals surface area contributed by atoms with Crippen molar-refractivity contribution in [3.8, 4) is 6.07 Å². The molecule has 0 heterocycles. The molecule has 0 spiro atoms. The molecule has 0 radical (unpaired) electrons. The van der Waals surface area contributed by atoms with Gasteiger partial charge < -0.3 is 10.6 Å². The molecule has 0 aromatic heterocycles. The smallest absolute Gasteiger partial charge is 0.114 e. The van der Waals surface area contributed by atoms with E-state index in [1.807, 2.05) is 0 Å². The Morgan fingerprint density at radius 1 is 1.50 bits per heavy atom. The van der Waals surface area contributed by atoms with Gasteiger partial charge in [-0.3, -0.25) is 0 Å². The van der Waals surface area contributed by atoms with E-state index in [1.165, 1.54) is 0 Å². The molecule has 0 bridgehead atoms. The minimum Gasteiger partial charge on any atom is -0.313 e. The maximum atomic E-state index is 8.70. The van der Waals surface area contributed by atoms with Gasteiger partial charge in [0, 0.05) is 6.54 Å². The summed E-state index contributed by atoms with van der Waals surface area (Å²) in [5.74, 6) is 0. The topological polar surface area (TPSA) is 53.0 Å². The van der Waals surface area contributed by atoms with Crippen molar-refractivity contribution >= 4 is 0 Å². The predicted molar refractivity (Wildman–Crippen MR) is 50.6 cm³/mol. The number of hydrogen-bond acceptors (Lipinski definition) is 3. The zero-order valence-corrected chi connectivity index (χ0v) is 8.30. The van der Waals surface area contributed by atoms with Gasteiger partial charge in [-0.2, -0.15) is 5.26 Å². The van der Waals surface area contributed by atoms with Crippen LogP contribution in [-0.2, 0) is 0 Å². The summed E-state index contributed by atoms with van der Waals surface area (Å²) in [6.45, 7) is 8.62. The fraction of sp³-hybridized carbons (Fsp3) is 0.889. The van der Waals surface area contributed by atoms with Crippen molar-refractivity contribution in [1.29, 1.82) is 5.26 Å². The molecule has 0 rings (SSSR count). The van der Waals surface area contributed by atoms with E-state index in [0.29, 0.717) is 6.54 Å². The Hall–Kier alpha value is -0.590. The Morgan fingerprint density at radius 3 is 2.42 bits per heavy atom. The second-order valence-corrected chi connectivity index (χ2v) is 3.40. The van der Waals surface area contributed by atoms with E-state index in [0.717, 1.165) is 19.5 Å². The van der Waals surface area contributed by atoms with Crippen LogP contribution < -0.4 is 5.73 Å². The van der Waals surface area contributed by atoms with E-state index in [1.54, 1.807) is 6.92 Å². The highest BCUT2D eigenvalue weighted by molar-refractivity contribution is 5.02. The molecule has 0 fully saturated rings. The molecule has 0 saturated carbocycles. The first-order valence-electron chi connectivity index (χ1n) is 4.48. The van der Waals surface area contributed by atoms with Crippen molar-refractivity contribution in [3.63, 3.8) is 0 Å². The van der Waals surface area contributed by atoms with Gasteiger partial charge in [0.05, 0.1) is 6.07 Å². The number of hydrogen-bond donors (Lipinski definition) is 1. The van der Waals surface area contributed by atoms with Gasteiger partial charge in [0.2, 0.25) is 0 Å². The van der Waals surface area contributed by atoms with E-state index in [2.05, 4.69) is 24.8 Å². The lowest BCUT2D eigenvalue weighted by atomic mass is 10.1. The predicted octanol–water partition coefficient (Wildman–Crippen LogP) is 0.959. The number of nitrogens with two attached hydrogens (primary N) is 1. The molecule has 1 unspecified atom stereocenters. The molecule has 2 N–H and O–H groups in total. The van der Waals surface area contributed by atoms with Crippen LogP contribution in [-0.4, -0.2) is 30.1 Å². The average Bonchev–Trinajstić information content (AvgIpc) is 2.03. The van der Waals surface area contributed by atoms with Gasteiger partial charge in [0.15, 0.2) is 0 Å². The Kier molecular flexibility index (Phi) is 4.87. The van der Waals surface area contributed by atoms with Crippen molar-refractivity contribution in [1.82, 2.24) is 4.90 Å². The molecular formula is C9H19N3. The van der Waals surface area contributed by atoms with Crippen molar-refractivity contribution in [2.75, 3.05) is 19.6 Å². The monoisotopic (exact) mass is 169 g/mol. The fourth-order valence-corrected chi connectivity index (χ4v) is 1.17. The van der Waals surface area contributed by atoms with Crippen LogP contribution in [0.4, 0.5) is 0 Å². The van der Waals surface area contributed by atoms with E-state index < -0.39 is 5.54 Å². The first kappa shape index (κ1) is 11.4. The zero-order chi connectivity index (χ0) is 9.61. The van der Waals surface area contributed by atoms with Crippen LogP contribution >= 0.6 is 0 Å². The van der Waals surface area contributed by atoms with Crippen molar-refractivity contribution in [2.24, 2.45) is 5.73 Å². The van der Waals surface area contributed by atoms with E-state index in [-0.39, 0.29) is 0 Å². The summed E-state index contributed by atoms with van der Waals surface area (Å²) in [5.41, 5.74) is 5.02. The normalized spacial score (nSPS) is 15.7. The fourth-order valence-electron chi connectivity index (χ4n) is 1.17. The first-order valence-corrected chi connectivity index (χ1v) is 4.48. The highest BCUT2D eigenvalue weighted by Crippen LogP contribution is 2.01. The number of nitrogens with zero attached hydrogens (tertiary/aromatic N) is 2. The molecule has 12 heavy (non-hydrogen) atoms. The van der Waals surface area contributed by atoms with E-state index in [9.17, 15) is 0 Å². The number of rotatable bonds is 5. The van der Waals surface area contributed by atoms with Gasteiger partial charge in [-0.05, 0) is 26.4 Å². The minimum absolute atomic E-state index is 0.661. The number of likely N-dealkylation sites (N-methyl/N-ethyl adjacent to an activating group) is 1. The lowest BCUT2D eigenvalue weighted by Crippen LogP contribution is -2.46. The Balaban J connectivity index is 3.94. The highest BCUT2D eigenvalue weighted by atomic mass is 15.1. The second-order valence-electron chi connectivity index (χ2n) is 3.40. The molecule has 0 saturated heterocycles. The third kappa shape index (κ3) is 4.32. The van der Waals surface area contributed by atoms with Crippen LogP contribution in [0.1, 0.15) is 27.2 Å². The van der Waals surface area contributed by atoms with Gasteiger partial charge in [-0.15, -0.1) is 0 Å². The molecule has 0 aromatic carbocycles. The minimum atomic E-state index is -0.703. The van der Waals surface area contributed by atoms with Gasteiger partial charge in [0.1, 0.15) is 5.54 Å². The van der Waals surface area contributed by atoms with Crippen molar-refractivity contribution in [3.05, 3.63) is 0 Å². The Labute approximate surface area is 75.2 Å². The number of nitriles is 1. The summed E-state index contributed by atoms with van der Waals surface area (Å²) in [4.78, 5) is 2.20. The van der Waals surface area contributed by atoms with Gasteiger partial charge in [-0.1, -0.05) is 13.8 Å². The van der Waals surface area contributed by atoms with Gasteiger partial charge >= 0.3 is 0 Å². The SMILES string of the molecule is CCCN(CC)CC(C)(N)C#N. The Morgan fingerprint density at radius 2 is 2.08 bits per heavy atom. The molecule has 0 aliphatic carbocycles. The molecular weight excluding hydrogens is 150 g/mol. The molecule has 3 nitrogen and oxygen atoms in total. The van der Waals surface area contributed by atoms with Crippen LogP contribution in [0.25, 0.3) is 0 Å². The van der Waals surface area contributed by atoms with Crippen LogP contribution in [0.3, 0.4) is 0 Å². The molecule has 70 valence electrons. The zero-order valence-electron chi connectivity index (χ0n) is 8.30. The maximum Gasteiger partial charge on any atom is 0.114 e. The highest BCUT2D eigenvalue weighted by Gasteiger charge is 2.19. The standard InChI is InChI=1S/C9H19N3/c1-4-6-12(5-2)8-9(3,11)7-10/h4-6,8,11H2,1-3H3. The summed E-state index contributed by atoms with van der Waals surface area (Å²) in [7, 11) is 0. The van der Waals surface area contributed by atoms with Crippen LogP contribution in [0, 0.1) is 11.3 Å². The molecule has 0 aliphatic heterocycles. The summed E-state index contributed by atoms with van der Waals surface area (Å²) in [6.07, 6.45) is 1.11. The molecule has 0 aliphatic rings. The van der Waals surface area contributed by atoms with Crippen LogP contribution in [0.2, 0.25) is 0 Å². The summed E-state index contributed by atoms with van der Waals surface area (Å²) in [5, 5.41) is 8.70. The van der Waals surface area contributed by atoms with Crippen molar-refractivity contribution < 1.29 is 0 Å². The quantitative estimate of drug-likeness (QED) is 0.667. The lowest BCUT2D eigenvalue weighted by molar-refractivity contribution is 0.252. The van der Waals surface area contributed by atoms with Crippen LogP contribution in [0.15, 0.2) is 0 Å². The molecule has 0 amide bonds. The summed E-state index contributed by atoms with van der Waals surface area (Å²) >= 11 is 0. The third-order valence-corrected chi connectivity index (χ3v) is 1.79. The maximum absolute atomic E-state index is 8.70. The van der Waals surface area contributed by atoms with E-state index >= 15 is 0 Å². The van der Waals surface area contributed by atoms with E-state index in [4.69, 9.17) is 11.0 Å². The molecule has 3 heteroatoms. The lowest BCUT2D eigenvalue weighted by Gasteiger charge is -2.26.